The average molecular weight is 408 g/mol. The quantitative estimate of drug-likeness (QED) is 0.482. The Labute approximate surface area is 166 Å². The van der Waals surface area contributed by atoms with Crippen molar-refractivity contribution in [3.8, 4) is 5.75 Å². The predicted molar refractivity (Wildman–Crippen MR) is 102 cm³/mol. The van der Waals surface area contributed by atoms with E-state index in [1.807, 2.05) is 0 Å². The summed E-state index contributed by atoms with van der Waals surface area (Å²) >= 11 is 1.38. The van der Waals surface area contributed by atoms with Gasteiger partial charge in [0.2, 0.25) is 5.95 Å². The van der Waals surface area contributed by atoms with Crippen LogP contribution in [0.4, 0.5) is 14.7 Å². The van der Waals surface area contributed by atoms with Crippen LogP contribution in [-0.2, 0) is 0 Å². The van der Waals surface area contributed by atoms with Gasteiger partial charge in [-0.05, 0) is 56.4 Å². The number of rotatable bonds is 8. The van der Waals surface area contributed by atoms with Gasteiger partial charge < -0.3 is 9.64 Å². The van der Waals surface area contributed by atoms with Crippen LogP contribution in [0.5, 0.6) is 5.75 Å². The predicted octanol–water partition coefficient (Wildman–Crippen LogP) is 4.18. The first-order chi connectivity index (χ1) is 13.6. The second-order valence-corrected chi connectivity index (χ2v) is 7.99. The number of hydrogen-bond acceptors (Lipinski definition) is 6. The number of thioether (sulfide) groups is 1. The fraction of sp³-hybridized carbons (Fsp3) is 0.526. The number of carbonyl (C=O) groups excluding carboxylic acids is 1. The fourth-order valence-corrected chi connectivity index (χ4v) is 4.26. The lowest BCUT2D eigenvalue weighted by atomic mass is 10.1. The van der Waals surface area contributed by atoms with Gasteiger partial charge in [0.05, 0.1) is 5.75 Å². The van der Waals surface area contributed by atoms with Crippen molar-refractivity contribution in [2.45, 2.75) is 49.9 Å². The van der Waals surface area contributed by atoms with Crippen LogP contribution in [0.25, 0.3) is 0 Å². The molecule has 2 fully saturated rings. The molecular formula is C19H22F2N4O2S. The summed E-state index contributed by atoms with van der Waals surface area (Å²) in [4.78, 5) is 14.8. The minimum atomic E-state index is -2.88. The number of hydrogen-bond donors (Lipinski definition) is 0. The summed E-state index contributed by atoms with van der Waals surface area (Å²) in [6.45, 7) is -0.872. The van der Waals surface area contributed by atoms with Crippen LogP contribution in [0.15, 0.2) is 29.4 Å². The van der Waals surface area contributed by atoms with Crippen LogP contribution in [0.2, 0.25) is 0 Å². The summed E-state index contributed by atoms with van der Waals surface area (Å²) < 4.78 is 30.9. The molecule has 28 heavy (non-hydrogen) atoms. The summed E-state index contributed by atoms with van der Waals surface area (Å²) in [6, 6.07) is 6.20. The highest BCUT2D eigenvalue weighted by Crippen LogP contribution is 2.41. The molecule has 0 N–H and O–H groups in total. The molecule has 0 spiro atoms. The number of halogens is 2. The van der Waals surface area contributed by atoms with Crippen molar-refractivity contribution in [3.05, 3.63) is 29.8 Å². The Morgan fingerprint density at radius 3 is 2.50 bits per heavy atom. The second kappa shape index (κ2) is 8.46. The Bertz CT molecular complexity index is 818. The van der Waals surface area contributed by atoms with Crippen molar-refractivity contribution in [2.75, 3.05) is 23.7 Å². The van der Waals surface area contributed by atoms with E-state index in [1.165, 1.54) is 55.3 Å². The molecule has 0 bridgehead atoms. The highest BCUT2D eigenvalue weighted by atomic mass is 32.2. The smallest absolute Gasteiger partial charge is 0.387 e. The third-order valence-corrected chi connectivity index (χ3v) is 5.87. The first-order valence-electron chi connectivity index (χ1n) is 9.52. The van der Waals surface area contributed by atoms with Gasteiger partial charge >= 0.3 is 6.61 Å². The van der Waals surface area contributed by atoms with Crippen LogP contribution >= 0.6 is 11.8 Å². The van der Waals surface area contributed by atoms with E-state index in [2.05, 4.69) is 24.4 Å². The number of carbonyl (C=O) groups is 1. The van der Waals surface area contributed by atoms with E-state index in [-0.39, 0.29) is 17.3 Å². The Kier molecular flexibility index (Phi) is 5.79. The molecule has 1 saturated carbocycles. The van der Waals surface area contributed by atoms with Crippen LogP contribution < -0.4 is 9.64 Å². The molecule has 150 valence electrons. The molecule has 6 nitrogen and oxygen atoms in total. The van der Waals surface area contributed by atoms with Gasteiger partial charge in [0, 0.05) is 24.7 Å². The van der Waals surface area contributed by atoms with Gasteiger partial charge in [-0.25, -0.2) is 0 Å². The van der Waals surface area contributed by atoms with Gasteiger partial charge in [-0.3, -0.25) is 9.36 Å². The standard InChI is InChI=1S/C19H22F2N4O2S/c20-17(21)27-15-8-4-13(5-9-15)16(26)12-28-19-23-22-18(25(19)14-6-7-14)24-10-2-1-3-11-24/h4-5,8-9,14,17H,1-3,6-7,10-12H2. The lowest BCUT2D eigenvalue weighted by Gasteiger charge is -2.27. The molecule has 1 aromatic heterocycles. The van der Waals surface area contributed by atoms with E-state index in [0.29, 0.717) is 11.6 Å². The topological polar surface area (TPSA) is 60.2 Å². The number of ketones is 1. The summed E-state index contributed by atoms with van der Waals surface area (Å²) in [5, 5.41) is 9.53. The number of anilines is 1. The molecule has 0 atom stereocenters. The molecule has 2 heterocycles. The molecule has 2 aliphatic rings. The van der Waals surface area contributed by atoms with E-state index in [4.69, 9.17) is 0 Å². The van der Waals surface area contributed by atoms with Crippen molar-refractivity contribution in [3.63, 3.8) is 0 Å². The first-order valence-corrected chi connectivity index (χ1v) is 10.5. The van der Waals surface area contributed by atoms with E-state index in [9.17, 15) is 13.6 Å². The van der Waals surface area contributed by atoms with Crippen molar-refractivity contribution in [1.29, 1.82) is 0 Å². The molecule has 0 unspecified atom stereocenters. The van der Waals surface area contributed by atoms with Crippen molar-refractivity contribution in [2.24, 2.45) is 0 Å². The largest absolute Gasteiger partial charge is 0.435 e. The molecule has 0 amide bonds. The maximum Gasteiger partial charge on any atom is 0.387 e. The van der Waals surface area contributed by atoms with Gasteiger partial charge in [-0.1, -0.05) is 11.8 Å². The Balaban J connectivity index is 1.41. The third kappa shape index (κ3) is 4.45. The van der Waals surface area contributed by atoms with Gasteiger partial charge in [-0.15, -0.1) is 10.2 Å². The normalized spacial score (nSPS) is 17.2. The maximum absolute atomic E-state index is 12.5. The fourth-order valence-electron chi connectivity index (χ4n) is 3.37. The summed E-state index contributed by atoms with van der Waals surface area (Å²) in [7, 11) is 0. The lowest BCUT2D eigenvalue weighted by molar-refractivity contribution is -0.0498. The zero-order valence-electron chi connectivity index (χ0n) is 15.4. The minimum absolute atomic E-state index is 0.0406. The van der Waals surface area contributed by atoms with Gasteiger partial charge in [0.25, 0.3) is 0 Å². The molecule has 1 aliphatic heterocycles. The molecule has 9 heteroatoms. The van der Waals surface area contributed by atoms with Gasteiger partial charge in [0.1, 0.15) is 5.75 Å². The van der Waals surface area contributed by atoms with Crippen molar-refractivity contribution < 1.29 is 18.3 Å². The number of aromatic nitrogens is 3. The molecule has 4 rings (SSSR count). The molecule has 1 saturated heterocycles. The number of piperidine rings is 1. The van der Waals surface area contributed by atoms with Crippen molar-refractivity contribution in [1.82, 2.24) is 14.8 Å². The van der Waals surface area contributed by atoms with E-state index in [0.717, 1.165) is 37.0 Å². The number of benzene rings is 1. The summed E-state index contributed by atoms with van der Waals surface area (Å²) in [6.07, 6.45) is 5.83. The summed E-state index contributed by atoms with van der Waals surface area (Å²) in [5.74, 6) is 1.10. The maximum atomic E-state index is 12.5. The molecule has 1 aliphatic carbocycles. The highest BCUT2D eigenvalue weighted by Gasteiger charge is 2.32. The lowest BCUT2D eigenvalue weighted by Crippen LogP contribution is -2.31. The third-order valence-electron chi connectivity index (χ3n) is 4.93. The summed E-state index contributed by atoms with van der Waals surface area (Å²) in [5.41, 5.74) is 0.461. The zero-order valence-corrected chi connectivity index (χ0v) is 16.2. The van der Waals surface area contributed by atoms with Crippen LogP contribution in [0, 0.1) is 0 Å². The van der Waals surface area contributed by atoms with Crippen LogP contribution in [0.3, 0.4) is 0 Å². The zero-order chi connectivity index (χ0) is 19.5. The van der Waals surface area contributed by atoms with Gasteiger partial charge in [0.15, 0.2) is 10.9 Å². The first kappa shape index (κ1) is 19.2. The Morgan fingerprint density at radius 2 is 1.86 bits per heavy atom. The average Bonchev–Trinajstić information content (AvgIpc) is 3.46. The highest BCUT2D eigenvalue weighted by molar-refractivity contribution is 7.99. The second-order valence-electron chi connectivity index (χ2n) is 7.05. The molecule has 0 radical (unpaired) electrons. The number of Topliss-reactive ketones (excluding diaryl/α,β-unsaturated/α-hetero) is 1. The SMILES string of the molecule is O=C(CSc1nnc(N2CCCCC2)n1C1CC1)c1ccc(OC(F)F)cc1. The van der Waals surface area contributed by atoms with Crippen LogP contribution in [-0.4, -0.2) is 46.0 Å². The van der Waals surface area contributed by atoms with E-state index in [1.54, 1.807) is 0 Å². The molecule has 1 aromatic carbocycles. The Morgan fingerprint density at radius 1 is 1.14 bits per heavy atom. The minimum Gasteiger partial charge on any atom is -0.435 e. The van der Waals surface area contributed by atoms with E-state index < -0.39 is 6.61 Å². The number of alkyl halides is 2. The van der Waals surface area contributed by atoms with Crippen molar-refractivity contribution >= 4 is 23.5 Å². The van der Waals surface area contributed by atoms with E-state index >= 15 is 0 Å². The van der Waals surface area contributed by atoms with Crippen LogP contribution in [0.1, 0.15) is 48.5 Å². The number of ether oxygens (including phenoxy) is 1. The molecular weight excluding hydrogens is 386 g/mol. The number of nitrogens with zero attached hydrogens (tertiary/aromatic N) is 4. The molecule has 2 aromatic rings. The van der Waals surface area contributed by atoms with Gasteiger partial charge in [-0.2, -0.15) is 8.78 Å². The monoisotopic (exact) mass is 408 g/mol. The Hall–Kier alpha value is -2.16.